The monoisotopic (exact) mass is 304 g/mol. The average Bonchev–Trinajstić information content (AvgIpc) is 2.36. The Labute approximate surface area is 117 Å². The number of nitrogens with one attached hydrogen (secondary N) is 1. The zero-order valence-electron chi connectivity index (χ0n) is 11.3. The van der Waals surface area contributed by atoms with Gasteiger partial charge < -0.3 is 5.73 Å². The highest BCUT2D eigenvalue weighted by Gasteiger charge is 2.17. The standard InChI is InChI=1S/C12H20N2O3S2/c1-9(18(3)15)8-14-19(16,17)12-6-4-5-11(7-12)10(2)13/h4-7,9-10,14H,8,13H2,1-3H3. The minimum Gasteiger partial charge on any atom is -0.324 e. The van der Waals surface area contributed by atoms with Gasteiger partial charge in [-0.2, -0.15) is 0 Å². The van der Waals surface area contributed by atoms with Crippen molar-refractivity contribution in [2.24, 2.45) is 5.73 Å². The summed E-state index contributed by atoms with van der Waals surface area (Å²) in [5, 5.41) is -0.230. The quantitative estimate of drug-likeness (QED) is 0.811. The highest BCUT2D eigenvalue weighted by Crippen LogP contribution is 2.15. The molecule has 0 aromatic heterocycles. The molecule has 3 atom stereocenters. The fourth-order valence-corrected chi connectivity index (χ4v) is 3.00. The van der Waals surface area contributed by atoms with Crippen molar-refractivity contribution in [3.05, 3.63) is 29.8 Å². The second kappa shape index (κ2) is 6.60. The van der Waals surface area contributed by atoms with Gasteiger partial charge in [0.1, 0.15) is 0 Å². The maximum Gasteiger partial charge on any atom is 0.240 e. The molecule has 5 nitrogen and oxygen atoms in total. The van der Waals surface area contributed by atoms with Gasteiger partial charge in [-0.3, -0.25) is 4.21 Å². The van der Waals surface area contributed by atoms with Crippen molar-refractivity contribution in [1.82, 2.24) is 4.72 Å². The Morgan fingerprint density at radius 2 is 2.00 bits per heavy atom. The fraction of sp³-hybridized carbons (Fsp3) is 0.500. The lowest BCUT2D eigenvalue weighted by atomic mass is 10.1. The summed E-state index contributed by atoms with van der Waals surface area (Å²) < 4.78 is 37.8. The fourth-order valence-electron chi connectivity index (χ4n) is 1.39. The van der Waals surface area contributed by atoms with Crippen LogP contribution in [0.25, 0.3) is 0 Å². The van der Waals surface area contributed by atoms with E-state index in [4.69, 9.17) is 5.73 Å². The van der Waals surface area contributed by atoms with E-state index < -0.39 is 20.8 Å². The Hall–Kier alpha value is -0.760. The van der Waals surface area contributed by atoms with Crippen LogP contribution < -0.4 is 10.5 Å². The number of sulfonamides is 1. The van der Waals surface area contributed by atoms with Gasteiger partial charge in [0.25, 0.3) is 0 Å². The van der Waals surface area contributed by atoms with Crippen LogP contribution >= 0.6 is 0 Å². The van der Waals surface area contributed by atoms with Gasteiger partial charge in [-0.15, -0.1) is 0 Å². The second-order valence-corrected chi connectivity index (χ2v) is 8.09. The number of hydrogen-bond acceptors (Lipinski definition) is 4. The van der Waals surface area contributed by atoms with Crippen LogP contribution in [0.1, 0.15) is 25.5 Å². The molecule has 0 aliphatic heterocycles. The molecule has 0 aliphatic carbocycles. The van der Waals surface area contributed by atoms with E-state index in [0.717, 1.165) is 5.56 Å². The van der Waals surface area contributed by atoms with Crippen molar-refractivity contribution in [1.29, 1.82) is 0 Å². The van der Waals surface area contributed by atoms with E-state index in [9.17, 15) is 12.6 Å². The van der Waals surface area contributed by atoms with Crippen LogP contribution in [0.2, 0.25) is 0 Å². The smallest absolute Gasteiger partial charge is 0.240 e. The summed E-state index contributed by atoms with van der Waals surface area (Å²) in [6.07, 6.45) is 1.55. The largest absolute Gasteiger partial charge is 0.324 e. The second-order valence-electron chi connectivity index (χ2n) is 4.52. The molecule has 0 spiro atoms. The molecule has 0 bridgehead atoms. The SMILES string of the molecule is CC(N)c1cccc(S(=O)(=O)NCC(C)S(C)=O)c1. The molecule has 0 saturated carbocycles. The topological polar surface area (TPSA) is 89.3 Å². The molecule has 0 heterocycles. The Morgan fingerprint density at radius 3 is 2.53 bits per heavy atom. The first-order valence-corrected chi connectivity index (χ1v) is 9.02. The summed E-state index contributed by atoms with van der Waals surface area (Å²) in [5.41, 5.74) is 6.49. The maximum atomic E-state index is 12.1. The van der Waals surface area contributed by atoms with Gasteiger partial charge in [-0.05, 0) is 31.5 Å². The Balaban J connectivity index is 2.88. The molecule has 0 radical (unpaired) electrons. The molecule has 3 unspecified atom stereocenters. The number of benzene rings is 1. The third-order valence-electron chi connectivity index (χ3n) is 2.82. The van der Waals surface area contributed by atoms with Crippen LogP contribution in [0.4, 0.5) is 0 Å². The molecule has 108 valence electrons. The van der Waals surface area contributed by atoms with Crippen molar-refractivity contribution in [3.63, 3.8) is 0 Å². The summed E-state index contributed by atoms with van der Waals surface area (Å²) >= 11 is 0. The molecule has 0 amide bonds. The molecule has 19 heavy (non-hydrogen) atoms. The summed E-state index contributed by atoms with van der Waals surface area (Å²) in [6, 6.07) is 6.29. The summed E-state index contributed by atoms with van der Waals surface area (Å²) in [6.45, 7) is 3.67. The predicted octanol–water partition coefficient (Wildman–Crippen LogP) is 0.752. The summed E-state index contributed by atoms with van der Waals surface area (Å²) in [5.74, 6) is 0. The summed E-state index contributed by atoms with van der Waals surface area (Å²) in [7, 11) is -4.64. The third kappa shape index (κ3) is 4.68. The Bertz CT molecular complexity index is 556. The van der Waals surface area contributed by atoms with Crippen molar-refractivity contribution < 1.29 is 12.6 Å². The van der Waals surface area contributed by atoms with Crippen LogP contribution in [0.15, 0.2) is 29.2 Å². The highest BCUT2D eigenvalue weighted by atomic mass is 32.2. The van der Waals surface area contributed by atoms with E-state index in [2.05, 4.69) is 4.72 Å². The molecule has 1 rings (SSSR count). The zero-order chi connectivity index (χ0) is 14.6. The van der Waals surface area contributed by atoms with Crippen LogP contribution in [0, 0.1) is 0 Å². The van der Waals surface area contributed by atoms with Gasteiger partial charge in [0.15, 0.2) is 0 Å². The van der Waals surface area contributed by atoms with Crippen LogP contribution in [-0.4, -0.2) is 30.7 Å². The lowest BCUT2D eigenvalue weighted by Crippen LogP contribution is -2.32. The first kappa shape index (κ1) is 16.3. The van der Waals surface area contributed by atoms with Crippen molar-refractivity contribution in [3.8, 4) is 0 Å². The predicted molar refractivity (Wildman–Crippen MR) is 77.8 cm³/mol. The van der Waals surface area contributed by atoms with Gasteiger partial charge in [-0.25, -0.2) is 13.1 Å². The third-order valence-corrected chi connectivity index (χ3v) is 5.54. The van der Waals surface area contributed by atoms with Crippen LogP contribution in [0.5, 0.6) is 0 Å². The number of nitrogens with two attached hydrogens (primary N) is 1. The lowest BCUT2D eigenvalue weighted by molar-refractivity contribution is 0.580. The van der Waals surface area contributed by atoms with E-state index in [0.29, 0.717) is 0 Å². The average molecular weight is 304 g/mol. The molecular weight excluding hydrogens is 284 g/mol. The minimum absolute atomic E-state index is 0.147. The lowest BCUT2D eigenvalue weighted by Gasteiger charge is -2.12. The van der Waals surface area contributed by atoms with Gasteiger partial charge in [0, 0.05) is 34.9 Å². The van der Waals surface area contributed by atoms with E-state index in [1.807, 2.05) is 0 Å². The molecule has 7 heteroatoms. The van der Waals surface area contributed by atoms with E-state index in [1.54, 1.807) is 38.3 Å². The van der Waals surface area contributed by atoms with Gasteiger partial charge >= 0.3 is 0 Å². The van der Waals surface area contributed by atoms with Crippen molar-refractivity contribution in [2.75, 3.05) is 12.8 Å². The molecular formula is C12H20N2O3S2. The zero-order valence-corrected chi connectivity index (χ0v) is 12.9. The van der Waals surface area contributed by atoms with Gasteiger partial charge in [0.05, 0.1) is 4.90 Å². The molecule has 0 fully saturated rings. The normalized spacial score (nSPS) is 16.8. The molecule has 0 aliphatic rings. The molecule has 1 aromatic rings. The van der Waals surface area contributed by atoms with Crippen LogP contribution in [0.3, 0.4) is 0 Å². The van der Waals surface area contributed by atoms with Crippen molar-refractivity contribution in [2.45, 2.75) is 30.0 Å². The molecule has 0 saturated heterocycles. The Kier molecular flexibility index (Phi) is 5.66. The summed E-state index contributed by atoms with van der Waals surface area (Å²) in [4.78, 5) is 0.177. The van der Waals surface area contributed by atoms with Gasteiger partial charge in [0.2, 0.25) is 10.0 Å². The number of hydrogen-bond donors (Lipinski definition) is 2. The molecule has 1 aromatic carbocycles. The first-order valence-electron chi connectivity index (χ1n) is 5.91. The Morgan fingerprint density at radius 1 is 1.37 bits per heavy atom. The molecule has 3 N–H and O–H groups in total. The highest BCUT2D eigenvalue weighted by molar-refractivity contribution is 7.89. The number of rotatable bonds is 6. The van der Waals surface area contributed by atoms with Crippen LogP contribution in [-0.2, 0) is 20.8 Å². The minimum atomic E-state index is -3.58. The van der Waals surface area contributed by atoms with Crippen molar-refractivity contribution >= 4 is 20.8 Å². The van der Waals surface area contributed by atoms with E-state index in [1.165, 1.54) is 6.07 Å². The van der Waals surface area contributed by atoms with E-state index >= 15 is 0 Å². The first-order chi connectivity index (χ1) is 8.74. The van der Waals surface area contributed by atoms with Gasteiger partial charge in [-0.1, -0.05) is 12.1 Å². The maximum absolute atomic E-state index is 12.1. The van der Waals surface area contributed by atoms with E-state index in [-0.39, 0.29) is 22.7 Å².